The number of nitrogen functional groups attached to an aromatic ring is 1. The lowest BCUT2D eigenvalue weighted by molar-refractivity contribution is 0.412. The van der Waals surface area contributed by atoms with Gasteiger partial charge in [-0.15, -0.1) is 11.3 Å². The second kappa shape index (κ2) is 9.07. The van der Waals surface area contributed by atoms with Gasteiger partial charge < -0.3 is 21.7 Å². The number of nitrogens with one attached hydrogen (secondary N) is 3. The van der Waals surface area contributed by atoms with Gasteiger partial charge in [0.25, 0.3) is 0 Å². The molecule has 0 bridgehead atoms. The van der Waals surface area contributed by atoms with E-state index in [0.717, 1.165) is 50.3 Å². The molecule has 0 saturated heterocycles. The Morgan fingerprint density at radius 2 is 1.79 bits per heavy atom. The molecule has 2 heterocycles. The molecular weight excluding hydrogens is 388 g/mol. The van der Waals surface area contributed by atoms with Crippen molar-refractivity contribution < 1.29 is 0 Å². The van der Waals surface area contributed by atoms with Crippen LogP contribution in [-0.4, -0.2) is 35.1 Å². The third-order valence-electron chi connectivity index (χ3n) is 5.68. The van der Waals surface area contributed by atoms with Crippen LogP contribution in [0.25, 0.3) is 0 Å². The first-order chi connectivity index (χ1) is 13.7. The van der Waals surface area contributed by atoms with Crippen LogP contribution in [0.4, 0.5) is 10.3 Å². The molecule has 2 aromatic heterocycles. The summed E-state index contributed by atoms with van der Waals surface area (Å²) in [6.07, 6.45) is 7.79. The van der Waals surface area contributed by atoms with E-state index in [0.29, 0.717) is 17.2 Å². The van der Waals surface area contributed by atoms with E-state index >= 15 is 0 Å². The molecular formula is C20H32N6S2. The van der Waals surface area contributed by atoms with Gasteiger partial charge in [0.05, 0.1) is 22.3 Å². The minimum absolute atomic E-state index is 0.201. The largest absolute Gasteiger partial charge is 0.375 e. The lowest BCUT2D eigenvalue weighted by atomic mass is 9.92. The molecule has 2 aliphatic rings. The molecule has 5 N–H and O–H groups in total. The zero-order valence-corrected chi connectivity index (χ0v) is 18.5. The van der Waals surface area contributed by atoms with Crippen LogP contribution in [0.5, 0.6) is 0 Å². The Morgan fingerprint density at radius 1 is 1.00 bits per heavy atom. The summed E-state index contributed by atoms with van der Waals surface area (Å²) < 4.78 is 0. The number of thiazole rings is 2. The molecule has 2 aliphatic carbocycles. The number of aromatic nitrogens is 2. The number of fused-ring (bicyclic) bond motifs is 2. The number of rotatable bonds is 8. The van der Waals surface area contributed by atoms with Crippen molar-refractivity contribution in [1.82, 2.24) is 20.6 Å². The minimum atomic E-state index is 0.201. The van der Waals surface area contributed by atoms with Gasteiger partial charge in [-0.2, -0.15) is 0 Å². The van der Waals surface area contributed by atoms with Crippen molar-refractivity contribution in [1.29, 1.82) is 0 Å². The Balaban J connectivity index is 1.51. The predicted molar refractivity (Wildman–Crippen MR) is 120 cm³/mol. The summed E-state index contributed by atoms with van der Waals surface area (Å²) in [4.78, 5) is 12.3. The fourth-order valence-corrected chi connectivity index (χ4v) is 6.38. The first-order valence-electron chi connectivity index (χ1n) is 10.6. The molecule has 154 valence electrons. The SMILES string of the molecule is CCCN[C@H]1CCc2nc(NC3c4sc(N)nc4CC[C@@H]3NCCC)sc2C1. The molecule has 28 heavy (non-hydrogen) atoms. The first-order valence-corrected chi connectivity index (χ1v) is 12.3. The molecule has 4 rings (SSSR count). The lowest BCUT2D eigenvalue weighted by Crippen LogP contribution is -2.41. The number of hydrogen-bond acceptors (Lipinski definition) is 8. The van der Waals surface area contributed by atoms with Crippen LogP contribution in [0.1, 0.15) is 66.7 Å². The average Bonchev–Trinajstić information content (AvgIpc) is 3.27. The number of nitrogens with zero attached hydrogens (tertiary/aromatic N) is 2. The summed E-state index contributed by atoms with van der Waals surface area (Å²) in [5, 5.41) is 12.9. The fraction of sp³-hybridized carbons (Fsp3) is 0.700. The molecule has 8 heteroatoms. The zero-order chi connectivity index (χ0) is 19.5. The summed E-state index contributed by atoms with van der Waals surface area (Å²) in [5.41, 5.74) is 8.49. The number of aryl methyl sites for hydroxylation is 2. The van der Waals surface area contributed by atoms with Crippen LogP contribution in [0.15, 0.2) is 0 Å². The molecule has 0 amide bonds. The van der Waals surface area contributed by atoms with E-state index in [-0.39, 0.29) is 6.04 Å². The second-order valence-corrected chi connectivity index (χ2v) is 10.0. The van der Waals surface area contributed by atoms with Gasteiger partial charge in [0.2, 0.25) is 0 Å². The van der Waals surface area contributed by atoms with Gasteiger partial charge in [-0.3, -0.25) is 0 Å². The highest BCUT2D eigenvalue weighted by molar-refractivity contribution is 7.16. The van der Waals surface area contributed by atoms with E-state index in [1.54, 1.807) is 11.3 Å². The number of hydrogen-bond donors (Lipinski definition) is 4. The van der Waals surface area contributed by atoms with Gasteiger partial charge in [0.15, 0.2) is 10.3 Å². The Kier molecular flexibility index (Phi) is 6.50. The van der Waals surface area contributed by atoms with Crippen LogP contribution < -0.4 is 21.7 Å². The monoisotopic (exact) mass is 420 g/mol. The summed E-state index contributed by atoms with van der Waals surface area (Å²) >= 11 is 3.47. The first kappa shape index (κ1) is 20.1. The smallest absolute Gasteiger partial charge is 0.183 e. The van der Waals surface area contributed by atoms with E-state index in [1.807, 2.05) is 11.3 Å². The van der Waals surface area contributed by atoms with Gasteiger partial charge in [-0.1, -0.05) is 25.2 Å². The maximum Gasteiger partial charge on any atom is 0.183 e. The summed E-state index contributed by atoms with van der Waals surface area (Å²) in [7, 11) is 0. The standard InChI is InChI=1S/C20H32N6S2/c1-3-9-22-12-5-6-13-16(11-12)27-20(25-13)26-17-14(23-10-4-2)7-8-15-18(17)28-19(21)24-15/h12,14,17,22-23H,3-11H2,1-2H3,(H2,21,24)(H,25,26)/t12-,14-,17?/m0/s1. The maximum atomic E-state index is 6.03. The highest BCUT2D eigenvalue weighted by Crippen LogP contribution is 2.39. The van der Waals surface area contributed by atoms with Gasteiger partial charge in [-0.25, -0.2) is 9.97 Å². The lowest BCUT2D eigenvalue weighted by Gasteiger charge is -2.32. The molecule has 6 nitrogen and oxygen atoms in total. The quantitative estimate of drug-likeness (QED) is 0.523. The normalized spacial score (nSPS) is 24.0. The topological polar surface area (TPSA) is 87.9 Å². The van der Waals surface area contributed by atoms with E-state index in [9.17, 15) is 0 Å². The predicted octanol–water partition coefficient (Wildman–Crippen LogP) is 3.51. The third kappa shape index (κ3) is 4.35. The highest BCUT2D eigenvalue weighted by Gasteiger charge is 2.33. The molecule has 0 spiro atoms. The van der Waals surface area contributed by atoms with Gasteiger partial charge >= 0.3 is 0 Å². The molecule has 3 atom stereocenters. The van der Waals surface area contributed by atoms with Gasteiger partial charge in [-0.05, 0) is 58.0 Å². The van der Waals surface area contributed by atoms with Crippen LogP contribution in [0.3, 0.4) is 0 Å². The van der Waals surface area contributed by atoms with Crippen LogP contribution in [-0.2, 0) is 19.3 Å². The van der Waals surface area contributed by atoms with Crippen LogP contribution >= 0.6 is 22.7 Å². The van der Waals surface area contributed by atoms with Crippen LogP contribution in [0.2, 0.25) is 0 Å². The molecule has 0 saturated carbocycles. The average molecular weight is 421 g/mol. The second-order valence-electron chi connectivity index (χ2n) is 7.87. The molecule has 0 aliphatic heterocycles. The molecule has 0 aromatic carbocycles. The van der Waals surface area contributed by atoms with Gasteiger partial charge in [0.1, 0.15) is 0 Å². The summed E-state index contributed by atoms with van der Waals surface area (Å²) in [5.74, 6) is 0. The van der Waals surface area contributed by atoms with Crippen molar-refractivity contribution in [3.63, 3.8) is 0 Å². The Labute approximate surface area is 175 Å². The van der Waals surface area contributed by atoms with Crippen molar-refractivity contribution in [3.05, 3.63) is 21.1 Å². The molecule has 0 radical (unpaired) electrons. The number of nitrogens with two attached hydrogens (primary N) is 1. The van der Waals surface area contributed by atoms with Crippen molar-refractivity contribution in [3.8, 4) is 0 Å². The number of anilines is 2. The summed E-state index contributed by atoms with van der Waals surface area (Å²) in [6.45, 7) is 6.58. The fourth-order valence-electron chi connectivity index (χ4n) is 4.25. The Morgan fingerprint density at radius 3 is 2.61 bits per heavy atom. The van der Waals surface area contributed by atoms with E-state index in [1.165, 1.54) is 34.0 Å². The Bertz CT molecular complexity index is 786. The van der Waals surface area contributed by atoms with E-state index < -0.39 is 0 Å². The summed E-state index contributed by atoms with van der Waals surface area (Å²) in [6, 6.07) is 1.20. The molecule has 1 unspecified atom stereocenters. The Hall–Kier alpha value is -1.22. The van der Waals surface area contributed by atoms with E-state index in [4.69, 9.17) is 10.7 Å². The van der Waals surface area contributed by atoms with Crippen LogP contribution in [0, 0.1) is 0 Å². The molecule has 0 fully saturated rings. The van der Waals surface area contributed by atoms with Crippen molar-refractivity contribution in [2.24, 2.45) is 0 Å². The highest BCUT2D eigenvalue weighted by atomic mass is 32.1. The maximum absolute atomic E-state index is 6.03. The molecule has 2 aromatic rings. The minimum Gasteiger partial charge on any atom is -0.375 e. The van der Waals surface area contributed by atoms with Gasteiger partial charge in [0, 0.05) is 17.0 Å². The van der Waals surface area contributed by atoms with Crippen molar-refractivity contribution >= 4 is 32.9 Å². The van der Waals surface area contributed by atoms with E-state index in [2.05, 4.69) is 34.8 Å². The zero-order valence-electron chi connectivity index (χ0n) is 16.9. The third-order valence-corrected chi connectivity index (χ3v) is 7.74. The van der Waals surface area contributed by atoms with Crippen molar-refractivity contribution in [2.75, 3.05) is 24.1 Å². The van der Waals surface area contributed by atoms with Crippen molar-refractivity contribution in [2.45, 2.75) is 76.9 Å².